The Balaban J connectivity index is 1.62. The zero-order valence-corrected chi connectivity index (χ0v) is 14.3. The van der Waals surface area contributed by atoms with E-state index >= 15 is 0 Å². The zero-order valence-electron chi connectivity index (χ0n) is 14.3. The van der Waals surface area contributed by atoms with Crippen molar-refractivity contribution in [1.82, 2.24) is 4.98 Å². The first kappa shape index (κ1) is 16.1. The van der Waals surface area contributed by atoms with Crippen LogP contribution in [0.5, 0.6) is 17.4 Å². The molecular formula is C21H18N2O3. The first-order valence-electron chi connectivity index (χ1n) is 8.47. The van der Waals surface area contributed by atoms with Gasteiger partial charge in [-0.25, -0.2) is 4.98 Å². The summed E-state index contributed by atoms with van der Waals surface area (Å²) in [5, 5.41) is 0. The number of anilines is 1. The van der Waals surface area contributed by atoms with E-state index in [9.17, 15) is 4.79 Å². The molecule has 1 atom stereocenters. The van der Waals surface area contributed by atoms with Crippen molar-refractivity contribution in [2.24, 2.45) is 0 Å². The monoisotopic (exact) mass is 346 g/mol. The van der Waals surface area contributed by atoms with Crippen LogP contribution in [0.1, 0.15) is 17.3 Å². The summed E-state index contributed by atoms with van der Waals surface area (Å²) in [7, 11) is 0. The molecule has 0 saturated heterocycles. The third kappa shape index (κ3) is 3.24. The molecule has 1 aliphatic rings. The number of pyridine rings is 1. The standard InChI is InChI=1S/C21H18N2O3/c1-15-14-23(18-9-5-6-10-19(18)25-15)21(24)16-11-12-22-20(13-16)26-17-7-3-2-4-8-17/h2-13,15H,14H2,1H3. The second-order valence-electron chi connectivity index (χ2n) is 6.11. The Morgan fingerprint density at radius 1 is 1.12 bits per heavy atom. The van der Waals surface area contributed by atoms with Crippen LogP contribution in [-0.2, 0) is 0 Å². The van der Waals surface area contributed by atoms with Crippen molar-refractivity contribution >= 4 is 11.6 Å². The van der Waals surface area contributed by atoms with Crippen LogP contribution in [-0.4, -0.2) is 23.5 Å². The molecule has 0 N–H and O–H groups in total. The van der Waals surface area contributed by atoms with E-state index in [0.29, 0.717) is 23.7 Å². The minimum absolute atomic E-state index is 0.0734. The lowest BCUT2D eigenvalue weighted by atomic mass is 10.1. The van der Waals surface area contributed by atoms with Gasteiger partial charge in [-0.3, -0.25) is 4.79 Å². The predicted molar refractivity (Wildman–Crippen MR) is 99.0 cm³/mol. The van der Waals surface area contributed by atoms with Crippen molar-refractivity contribution in [2.75, 3.05) is 11.4 Å². The molecule has 5 nitrogen and oxygen atoms in total. The van der Waals surface area contributed by atoms with E-state index < -0.39 is 0 Å². The maximum atomic E-state index is 13.1. The van der Waals surface area contributed by atoms with Crippen LogP contribution >= 0.6 is 0 Å². The quantitative estimate of drug-likeness (QED) is 0.709. The van der Waals surface area contributed by atoms with Crippen LogP contribution in [0.15, 0.2) is 72.9 Å². The predicted octanol–water partition coefficient (Wildman–Crippen LogP) is 4.30. The van der Waals surface area contributed by atoms with E-state index in [1.165, 1.54) is 0 Å². The molecule has 2 aromatic carbocycles. The molecule has 0 aliphatic carbocycles. The SMILES string of the molecule is CC1CN(C(=O)c2ccnc(Oc3ccccc3)c2)c2ccccc2O1. The van der Waals surface area contributed by atoms with Crippen LogP contribution in [0.3, 0.4) is 0 Å². The summed E-state index contributed by atoms with van der Waals surface area (Å²) < 4.78 is 11.6. The Hall–Kier alpha value is -3.34. The van der Waals surface area contributed by atoms with Gasteiger partial charge in [-0.2, -0.15) is 0 Å². The number of benzene rings is 2. The molecule has 0 bridgehead atoms. The van der Waals surface area contributed by atoms with Crippen molar-refractivity contribution in [2.45, 2.75) is 13.0 Å². The summed E-state index contributed by atoms with van der Waals surface area (Å²) in [6.45, 7) is 2.44. The van der Waals surface area contributed by atoms with Crippen molar-refractivity contribution < 1.29 is 14.3 Å². The normalized spacial score (nSPS) is 15.7. The fourth-order valence-corrected chi connectivity index (χ4v) is 2.94. The summed E-state index contributed by atoms with van der Waals surface area (Å²) in [4.78, 5) is 19.0. The number of aromatic nitrogens is 1. The van der Waals surface area contributed by atoms with E-state index in [2.05, 4.69) is 4.98 Å². The summed E-state index contributed by atoms with van der Waals surface area (Å²) in [5.41, 5.74) is 1.30. The summed E-state index contributed by atoms with van der Waals surface area (Å²) in [6, 6.07) is 20.3. The highest BCUT2D eigenvalue weighted by Gasteiger charge is 2.28. The minimum Gasteiger partial charge on any atom is -0.487 e. The minimum atomic E-state index is -0.104. The molecule has 1 unspecified atom stereocenters. The fourth-order valence-electron chi connectivity index (χ4n) is 2.94. The fraction of sp³-hybridized carbons (Fsp3) is 0.143. The van der Waals surface area contributed by atoms with E-state index in [4.69, 9.17) is 9.47 Å². The molecule has 2 heterocycles. The summed E-state index contributed by atoms with van der Waals surface area (Å²) in [6.07, 6.45) is 1.51. The van der Waals surface area contributed by atoms with E-state index in [-0.39, 0.29) is 12.0 Å². The van der Waals surface area contributed by atoms with Crippen LogP contribution in [0, 0.1) is 0 Å². The van der Waals surface area contributed by atoms with Crippen molar-refractivity contribution in [3.8, 4) is 17.4 Å². The Labute approximate surface area is 151 Å². The highest BCUT2D eigenvalue weighted by Crippen LogP contribution is 2.34. The molecule has 0 spiro atoms. The third-order valence-corrected chi connectivity index (χ3v) is 4.12. The van der Waals surface area contributed by atoms with Crippen molar-refractivity contribution in [3.05, 3.63) is 78.5 Å². The highest BCUT2D eigenvalue weighted by atomic mass is 16.5. The van der Waals surface area contributed by atoms with Gasteiger partial charge in [0, 0.05) is 17.8 Å². The number of para-hydroxylation sites is 3. The largest absolute Gasteiger partial charge is 0.487 e. The lowest BCUT2D eigenvalue weighted by molar-refractivity contribution is 0.0960. The number of carbonyl (C=O) groups excluding carboxylic acids is 1. The van der Waals surface area contributed by atoms with Gasteiger partial charge in [-0.15, -0.1) is 0 Å². The second-order valence-corrected chi connectivity index (χ2v) is 6.11. The van der Waals surface area contributed by atoms with Gasteiger partial charge in [0.05, 0.1) is 12.2 Å². The number of hydrogen-bond acceptors (Lipinski definition) is 4. The molecule has 1 aromatic heterocycles. The zero-order chi connectivity index (χ0) is 17.9. The molecule has 0 radical (unpaired) electrons. The number of nitrogens with zero attached hydrogens (tertiary/aromatic N) is 2. The first-order chi connectivity index (χ1) is 12.7. The molecular weight excluding hydrogens is 328 g/mol. The molecule has 130 valence electrons. The smallest absolute Gasteiger partial charge is 0.258 e. The molecule has 0 saturated carbocycles. The van der Waals surface area contributed by atoms with Gasteiger partial charge in [0.15, 0.2) is 0 Å². The lowest BCUT2D eigenvalue weighted by Gasteiger charge is -2.33. The van der Waals surface area contributed by atoms with Crippen molar-refractivity contribution in [3.63, 3.8) is 0 Å². The maximum Gasteiger partial charge on any atom is 0.258 e. The van der Waals surface area contributed by atoms with Gasteiger partial charge in [-0.1, -0.05) is 30.3 Å². The highest BCUT2D eigenvalue weighted by molar-refractivity contribution is 6.07. The van der Waals surface area contributed by atoms with Crippen LogP contribution in [0.4, 0.5) is 5.69 Å². The molecule has 1 amide bonds. The number of rotatable bonds is 3. The number of ether oxygens (including phenoxy) is 2. The van der Waals surface area contributed by atoms with Gasteiger partial charge in [0.2, 0.25) is 5.88 Å². The van der Waals surface area contributed by atoms with Crippen LogP contribution in [0.2, 0.25) is 0 Å². The lowest BCUT2D eigenvalue weighted by Crippen LogP contribution is -2.42. The summed E-state index contributed by atoms with van der Waals surface area (Å²) >= 11 is 0. The molecule has 4 rings (SSSR count). The van der Waals surface area contributed by atoms with Gasteiger partial charge in [0.1, 0.15) is 17.6 Å². The average Bonchev–Trinajstić information content (AvgIpc) is 2.68. The van der Waals surface area contributed by atoms with Gasteiger partial charge >= 0.3 is 0 Å². The van der Waals surface area contributed by atoms with Gasteiger partial charge in [-0.05, 0) is 37.3 Å². The van der Waals surface area contributed by atoms with Crippen molar-refractivity contribution in [1.29, 1.82) is 0 Å². The average molecular weight is 346 g/mol. The van der Waals surface area contributed by atoms with Crippen LogP contribution in [0.25, 0.3) is 0 Å². The molecule has 5 heteroatoms. The Bertz CT molecular complexity index is 927. The second kappa shape index (κ2) is 6.88. The maximum absolute atomic E-state index is 13.1. The number of fused-ring (bicyclic) bond motifs is 1. The Kier molecular flexibility index (Phi) is 4.27. The molecule has 1 aliphatic heterocycles. The summed E-state index contributed by atoms with van der Waals surface area (Å²) in [5.74, 6) is 1.67. The van der Waals surface area contributed by atoms with E-state index in [1.807, 2.05) is 61.5 Å². The number of hydrogen-bond donors (Lipinski definition) is 0. The first-order valence-corrected chi connectivity index (χ1v) is 8.47. The topological polar surface area (TPSA) is 51.7 Å². The Morgan fingerprint density at radius 3 is 2.73 bits per heavy atom. The number of carbonyl (C=O) groups is 1. The third-order valence-electron chi connectivity index (χ3n) is 4.12. The molecule has 26 heavy (non-hydrogen) atoms. The van der Waals surface area contributed by atoms with E-state index in [1.54, 1.807) is 23.2 Å². The molecule has 0 fully saturated rings. The Morgan fingerprint density at radius 2 is 1.88 bits per heavy atom. The molecule has 3 aromatic rings. The van der Waals surface area contributed by atoms with E-state index in [0.717, 1.165) is 11.4 Å². The van der Waals surface area contributed by atoms with Gasteiger partial charge in [0.25, 0.3) is 5.91 Å². The van der Waals surface area contributed by atoms with Crippen LogP contribution < -0.4 is 14.4 Å². The van der Waals surface area contributed by atoms with Gasteiger partial charge < -0.3 is 14.4 Å². The number of amides is 1.